The molecule has 0 saturated carbocycles. The van der Waals surface area contributed by atoms with Crippen molar-refractivity contribution >= 4 is 67.0 Å². The maximum atomic E-state index is 14.5. The standard InChI is InChI=1S/C46H35FN8O2S/c1-4-36-42(53-25(3)48)34(23-50-36)32-14-12-29-22-51-55-41(29)40(32)39-20-30-19-28(13-15-38(30)58-39)27-9-7-8-26(18-27)24(2)52-43-44(46(57)45(43)56)54-31-16-17-49-37(21-31)33-10-5-6-11-35(33)47/h4-24,50,52H,1H2,2-3H3,(H2,48,53)(H,49,54)(H,51,55). The summed E-state index contributed by atoms with van der Waals surface area (Å²) in [6.07, 6.45) is 7.03. The summed E-state index contributed by atoms with van der Waals surface area (Å²) >= 11 is 1.70. The Kier molecular flexibility index (Phi) is 9.10. The molecule has 4 heterocycles. The van der Waals surface area contributed by atoms with Crippen LogP contribution < -0.4 is 27.2 Å². The van der Waals surface area contributed by atoms with Crippen molar-refractivity contribution in [2.75, 3.05) is 10.6 Å². The van der Waals surface area contributed by atoms with Gasteiger partial charge in [-0.05, 0) is 96.1 Å². The Hall–Kier alpha value is -7.44. The molecule has 6 N–H and O–H groups in total. The molecular formula is C46H35FN8O2S. The van der Waals surface area contributed by atoms with Gasteiger partial charge in [0.05, 0.1) is 34.6 Å². The lowest BCUT2D eigenvalue weighted by molar-refractivity contribution is 0.631. The van der Waals surface area contributed by atoms with E-state index in [1.54, 1.807) is 54.7 Å². The van der Waals surface area contributed by atoms with E-state index in [0.717, 1.165) is 70.6 Å². The smallest absolute Gasteiger partial charge is 0.253 e. The fourth-order valence-corrected chi connectivity index (χ4v) is 8.44. The quantitative estimate of drug-likeness (QED) is 0.0497. The Morgan fingerprint density at radius 1 is 0.914 bits per heavy atom. The van der Waals surface area contributed by atoms with Crippen LogP contribution in [-0.2, 0) is 0 Å². The van der Waals surface area contributed by atoms with Crippen LogP contribution in [0.25, 0.3) is 71.0 Å². The molecule has 0 spiro atoms. The van der Waals surface area contributed by atoms with Crippen LogP contribution in [0.3, 0.4) is 0 Å². The van der Waals surface area contributed by atoms with Crippen molar-refractivity contribution < 1.29 is 4.39 Å². The number of fused-ring (bicyclic) bond motifs is 2. The monoisotopic (exact) mass is 782 g/mol. The molecule has 12 heteroatoms. The third-order valence-electron chi connectivity index (χ3n) is 10.2. The van der Waals surface area contributed by atoms with Gasteiger partial charge in [-0.2, -0.15) is 5.10 Å². The van der Waals surface area contributed by atoms with E-state index in [-0.39, 0.29) is 17.4 Å². The van der Waals surface area contributed by atoms with Crippen LogP contribution in [-0.4, -0.2) is 26.0 Å². The number of rotatable bonds is 11. The van der Waals surface area contributed by atoms with Crippen LogP contribution >= 0.6 is 11.3 Å². The number of H-pyrrole nitrogens is 2. The van der Waals surface area contributed by atoms with Crippen molar-refractivity contribution in [1.82, 2.24) is 20.2 Å². The molecule has 0 aliphatic carbocycles. The van der Waals surface area contributed by atoms with Gasteiger partial charge < -0.3 is 21.4 Å². The first-order valence-corrected chi connectivity index (χ1v) is 19.3. The zero-order valence-electron chi connectivity index (χ0n) is 31.4. The van der Waals surface area contributed by atoms with Gasteiger partial charge in [-0.15, -0.1) is 11.3 Å². The molecule has 58 heavy (non-hydrogen) atoms. The van der Waals surface area contributed by atoms with E-state index >= 15 is 0 Å². The molecule has 284 valence electrons. The highest BCUT2D eigenvalue weighted by molar-refractivity contribution is 7.22. The number of pyridine rings is 1. The van der Waals surface area contributed by atoms with Crippen LogP contribution in [0.5, 0.6) is 0 Å². The zero-order chi connectivity index (χ0) is 40.1. The van der Waals surface area contributed by atoms with Crippen LogP contribution in [0.15, 0.2) is 137 Å². The van der Waals surface area contributed by atoms with Crippen LogP contribution in [0.1, 0.15) is 31.1 Å². The number of aromatic amines is 2. The van der Waals surface area contributed by atoms with Gasteiger partial charge in [0.15, 0.2) is 0 Å². The van der Waals surface area contributed by atoms with Crippen molar-refractivity contribution in [2.45, 2.75) is 19.9 Å². The SMILES string of the molecule is C=Cc1[nH]cc(-c2ccc3cn[nH]c3c2-c2cc3cc(-c4cccc(C(C)Nc5c(Nc6ccnc(-c7ccccc7F)c6)c(=O)c5=O)c4)ccc3s2)c1N=C(C)N. The molecule has 0 radical (unpaired) electrons. The molecule has 9 aromatic rings. The minimum Gasteiger partial charge on any atom is -0.387 e. The fraction of sp³-hybridized carbons (Fsp3) is 0.0652. The van der Waals surface area contributed by atoms with Gasteiger partial charge >= 0.3 is 0 Å². The molecule has 0 amide bonds. The summed E-state index contributed by atoms with van der Waals surface area (Å²) in [6.45, 7) is 7.67. The summed E-state index contributed by atoms with van der Waals surface area (Å²) in [4.78, 5) is 38.9. The first-order valence-electron chi connectivity index (χ1n) is 18.5. The number of halogens is 1. The Morgan fingerprint density at radius 2 is 1.74 bits per heavy atom. The zero-order valence-corrected chi connectivity index (χ0v) is 32.2. The maximum Gasteiger partial charge on any atom is 0.253 e. The topological polar surface area (TPSA) is 154 Å². The second kappa shape index (κ2) is 14.6. The normalized spacial score (nSPS) is 12.4. The number of hydrogen-bond donors (Lipinski definition) is 5. The van der Waals surface area contributed by atoms with Gasteiger partial charge in [0, 0.05) is 55.8 Å². The molecular weight excluding hydrogens is 748 g/mol. The molecule has 10 nitrogen and oxygen atoms in total. The van der Waals surface area contributed by atoms with E-state index in [1.807, 2.05) is 37.5 Å². The molecule has 0 bridgehead atoms. The fourth-order valence-electron chi connectivity index (χ4n) is 7.33. The Balaban J connectivity index is 1.00. The predicted octanol–water partition coefficient (Wildman–Crippen LogP) is 10.5. The van der Waals surface area contributed by atoms with Gasteiger partial charge in [-0.1, -0.05) is 55.1 Å². The second-order valence-electron chi connectivity index (χ2n) is 14.0. The summed E-state index contributed by atoms with van der Waals surface area (Å²) in [6, 6.07) is 30.2. The number of thiophene rings is 1. The summed E-state index contributed by atoms with van der Waals surface area (Å²) < 4.78 is 15.6. The first kappa shape index (κ1) is 36.2. The lowest BCUT2D eigenvalue weighted by Gasteiger charge is -2.20. The number of anilines is 3. The number of nitrogens with one attached hydrogen (secondary N) is 4. The maximum absolute atomic E-state index is 14.5. The second-order valence-corrected chi connectivity index (χ2v) is 15.1. The van der Waals surface area contributed by atoms with Gasteiger partial charge in [0.1, 0.15) is 17.2 Å². The molecule has 0 aliphatic rings. The summed E-state index contributed by atoms with van der Waals surface area (Å²) in [5.74, 6) is 0.0386. The first-order chi connectivity index (χ1) is 28.2. The van der Waals surface area contributed by atoms with Crippen molar-refractivity contribution in [3.63, 3.8) is 0 Å². The largest absolute Gasteiger partial charge is 0.387 e. The third-order valence-corrected chi connectivity index (χ3v) is 11.3. The lowest BCUT2D eigenvalue weighted by Crippen LogP contribution is -2.37. The Bertz CT molecular complexity index is 3160. The van der Waals surface area contributed by atoms with Crippen molar-refractivity contribution in [3.8, 4) is 44.0 Å². The summed E-state index contributed by atoms with van der Waals surface area (Å²) in [5, 5.41) is 16.0. The lowest BCUT2D eigenvalue weighted by atomic mass is 9.96. The Morgan fingerprint density at radius 3 is 2.57 bits per heavy atom. The third kappa shape index (κ3) is 6.44. The van der Waals surface area contributed by atoms with Crippen LogP contribution in [0.4, 0.5) is 27.1 Å². The molecule has 1 atom stereocenters. The number of benzene rings is 4. The van der Waals surface area contributed by atoms with Gasteiger partial charge in [0.25, 0.3) is 10.9 Å². The number of nitrogens with two attached hydrogens (primary N) is 1. The number of hydrogen-bond acceptors (Lipinski definition) is 8. The highest BCUT2D eigenvalue weighted by Crippen LogP contribution is 2.46. The molecule has 0 fully saturated rings. The number of amidine groups is 1. The average Bonchev–Trinajstić information content (AvgIpc) is 4.00. The highest BCUT2D eigenvalue weighted by atomic mass is 32.1. The minimum absolute atomic E-state index is 0.155. The van der Waals surface area contributed by atoms with Crippen molar-refractivity contribution in [2.24, 2.45) is 10.7 Å². The molecule has 9 rings (SSSR count). The highest BCUT2D eigenvalue weighted by Gasteiger charge is 2.24. The number of aliphatic imine (C=N–C) groups is 1. The molecule has 5 aromatic carbocycles. The van der Waals surface area contributed by atoms with E-state index in [4.69, 9.17) is 5.73 Å². The predicted molar refractivity (Wildman–Crippen MR) is 235 cm³/mol. The number of aromatic nitrogens is 4. The van der Waals surface area contributed by atoms with Crippen LogP contribution in [0.2, 0.25) is 0 Å². The molecule has 4 aromatic heterocycles. The van der Waals surface area contributed by atoms with Crippen LogP contribution in [0, 0.1) is 5.82 Å². The molecule has 1 unspecified atom stereocenters. The number of nitrogens with zero attached hydrogens (tertiary/aromatic N) is 3. The van der Waals surface area contributed by atoms with E-state index in [0.29, 0.717) is 22.8 Å². The van der Waals surface area contributed by atoms with Crippen molar-refractivity contribution in [1.29, 1.82) is 0 Å². The van der Waals surface area contributed by atoms with Gasteiger partial charge in [-0.3, -0.25) is 19.7 Å². The van der Waals surface area contributed by atoms with E-state index in [2.05, 4.69) is 84.8 Å². The van der Waals surface area contributed by atoms with Gasteiger partial charge in [-0.25, -0.2) is 9.38 Å². The minimum atomic E-state index is -0.624. The van der Waals surface area contributed by atoms with E-state index < -0.39 is 16.7 Å². The average molecular weight is 783 g/mol. The Labute approximate surface area is 335 Å². The van der Waals surface area contributed by atoms with Crippen molar-refractivity contribution in [3.05, 3.63) is 160 Å². The summed E-state index contributed by atoms with van der Waals surface area (Å²) in [7, 11) is 0. The van der Waals surface area contributed by atoms with Gasteiger partial charge in [0.2, 0.25) is 0 Å². The summed E-state index contributed by atoms with van der Waals surface area (Å²) in [5.41, 5.74) is 14.7. The molecule has 0 saturated heterocycles. The van der Waals surface area contributed by atoms with E-state index in [1.165, 1.54) is 12.3 Å². The van der Waals surface area contributed by atoms with E-state index in [9.17, 15) is 14.0 Å². The molecule has 0 aliphatic heterocycles.